The summed E-state index contributed by atoms with van der Waals surface area (Å²) >= 11 is 1.53. The molecule has 1 aromatic heterocycles. The molecule has 0 bridgehead atoms. The Morgan fingerprint density at radius 2 is 2.11 bits per heavy atom. The van der Waals surface area contributed by atoms with Gasteiger partial charge in [-0.2, -0.15) is 0 Å². The summed E-state index contributed by atoms with van der Waals surface area (Å²) in [6.45, 7) is 3.83. The van der Waals surface area contributed by atoms with Crippen molar-refractivity contribution in [3.05, 3.63) is 53.1 Å². The number of amidine groups is 1. The number of carbonyl (C=O) groups excluding carboxylic acids is 1. The van der Waals surface area contributed by atoms with E-state index in [1.807, 2.05) is 32.0 Å². The Labute approximate surface area is 165 Å². The third-order valence-corrected chi connectivity index (χ3v) is 6.33. The summed E-state index contributed by atoms with van der Waals surface area (Å²) in [4.78, 5) is 26.2. The number of aromatic nitrogens is 2. The van der Waals surface area contributed by atoms with Crippen molar-refractivity contribution in [2.75, 3.05) is 12.0 Å². The third kappa shape index (κ3) is 4.44. The molecule has 1 aromatic carbocycles. The summed E-state index contributed by atoms with van der Waals surface area (Å²) in [5, 5.41) is 0.535. The second kappa shape index (κ2) is 7.90. The second-order valence-corrected chi connectivity index (χ2v) is 9.21. The summed E-state index contributed by atoms with van der Waals surface area (Å²) < 4.78 is 12.3. The quantitative estimate of drug-likeness (QED) is 0.772. The number of ketones is 1. The molecule has 1 aliphatic rings. The van der Waals surface area contributed by atoms with E-state index in [9.17, 15) is 9.00 Å². The Morgan fingerprint density at radius 3 is 2.74 bits per heavy atom. The predicted molar refractivity (Wildman–Crippen MR) is 110 cm³/mol. The van der Waals surface area contributed by atoms with Crippen LogP contribution in [0.3, 0.4) is 0 Å². The minimum Gasteiger partial charge on any atom is -0.379 e. The molecule has 6 nitrogen and oxygen atoms in total. The minimum absolute atomic E-state index is 0.105. The molecule has 2 heterocycles. The zero-order valence-corrected chi connectivity index (χ0v) is 17.2. The zero-order valence-electron chi connectivity index (χ0n) is 15.6. The summed E-state index contributed by atoms with van der Waals surface area (Å²) in [5.74, 6) is 0.746. The third-order valence-electron chi connectivity index (χ3n) is 4.56. The van der Waals surface area contributed by atoms with Crippen molar-refractivity contribution in [3.8, 4) is 0 Å². The molecule has 0 amide bonds. The van der Waals surface area contributed by atoms with Gasteiger partial charge in [-0.05, 0) is 37.5 Å². The number of carbonyl (C=O) groups is 1. The van der Waals surface area contributed by atoms with Crippen molar-refractivity contribution in [3.63, 3.8) is 0 Å². The first-order valence-electron chi connectivity index (χ1n) is 8.55. The van der Waals surface area contributed by atoms with E-state index in [1.165, 1.54) is 18.0 Å². The molecule has 0 fully saturated rings. The van der Waals surface area contributed by atoms with Gasteiger partial charge in [0, 0.05) is 29.5 Å². The van der Waals surface area contributed by atoms with Gasteiger partial charge >= 0.3 is 0 Å². The van der Waals surface area contributed by atoms with Crippen LogP contribution in [-0.2, 0) is 22.8 Å². The largest absolute Gasteiger partial charge is 0.379 e. The lowest BCUT2D eigenvalue weighted by Crippen LogP contribution is -2.30. The molecule has 8 heteroatoms. The van der Waals surface area contributed by atoms with Crippen LogP contribution < -0.4 is 5.73 Å². The summed E-state index contributed by atoms with van der Waals surface area (Å²) in [5.41, 5.74) is 8.21. The van der Waals surface area contributed by atoms with E-state index < -0.39 is 16.3 Å². The summed E-state index contributed by atoms with van der Waals surface area (Å²) in [6, 6.07) is 5.60. The Morgan fingerprint density at radius 1 is 1.33 bits per heavy atom. The van der Waals surface area contributed by atoms with Gasteiger partial charge < -0.3 is 5.73 Å². The molecule has 0 saturated carbocycles. The van der Waals surface area contributed by atoms with Crippen LogP contribution in [0.15, 0.2) is 40.5 Å². The highest BCUT2D eigenvalue weighted by molar-refractivity contribution is 8.13. The van der Waals surface area contributed by atoms with E-state index in [0.29, 0.717) is 10.9 Å². The van der Waals surface area contributed by atoms with Gasteiger partial charge in [0.05, 0.1) is 28.2 Å². The minimum atomic E-state index is -1.16. The van der Waals surface area contributed by atoms with Crippen molar-refractivity contribution in [1.82, 2.24) is 9.97 Å². The number of nitrogens with zero attached hydrogens (tertiary/aromatic N) is 3. The molecular weight excluding hydrogens is 380 g/mol. The molecule has 0 spiro atoms. The Kier molecular flexibility index (Phi) is 5.76. The number of hydrogen-bond acceptors (Lipinski definition) is 7. The van der Waals surface area contributed by atoms with E-state index in [-0.39, 0.29) is 12.2 Å². The maximum atomic E-state index is 12.6. The van der Waals surface area contributed by atoms with Crippen molar-refractivity contribution >= 4 is 33.5 Å². The van der Waals surface area contributed by atoms with E-state index >= 15 is 0 Å². The molecule has 0 saturated heterocycles. The van der Waals surface area contributed by atoms with Gasteiger partial charge in [-0.3, -0.25) is 19.0 Å². The van der Waals surface area contributed by atoms with Gasteiger partial charge in [0.15, 0.2) is 11.0 Å². The Balaban J connectivity index is 1.96. The smallest absolute Gasteiger partial charge is 0.187 e. The van der Waals surface area contributed by atoms with Gasteiger partial charge in [0.1, 0.15) is 5.69 Å². The lowest BCUT2D eigenvalue weighted by atomic mass is 9.88. The van der Waals surface area contributed by atoms with Crippen molar-refractivity contribution in [2.24, 2.45) is 10.7 Å². The Bertz CT molecular complexity index is 928. The first kappa shape index (κ1) is 19.7. The Hall–Kier alpha value is -2.06. The van der Waals surface area contributed by atoms with Gasteiger partial charge in [0.25, 0.3) is 0 Å². The maximum Gasteiger partial charge on any atom is 0.187 e. The second-order valence-electron chi connectivity index (χ2n) is 6.75. The molecule has 27 heavy (non-hydrogen) atoms. The number of hydrogen-bond donors (Lipinski definition) is 1. The number of nitrogens with two attached hydrogens (primary N) is 1. The standard InChI is InChI=1S/C19H22N4O2S2/c1-12-10-22-15(11-21-12)16(24)9-13-4-5-17(27(3)25)14(8-13)19(2)6-7-26-18(20)23-19/h4-5,8,10-11H,6-7,9H2,1-3H3,(H2,20,23)/t19-,27?/m0/s1. The van der Waals surface area contributed by atoms with Gasteiger partial charge in [-0.1, -0.05) is 23.9 Å². The highest BCUT2D eigenvalue weighted by Gasteiger charge is 2.32. The van der Waals surface area contributed by atoms with Gasteiger partial charge in [-0.15, -0.1) is 0 Å². The number of benzene rings is 1. The number of aryl methyl sites for hydroxylation is 1. The fourth-order valence-corrected chi connectivity index (χ4v) is 4.87. The topological polar surface area (TPSA) is 98.3 Å². The van der Waals surface area contributed by atoms with Crippen LogP contribution in [0.4, 0.5) is 0 Å². The molecule has 2 aromatic rings. The van der Waals surface area contributed by atoms with Crippen LogP contribution >= 0.6 is 11.8 Å². The lowest BCUT2D eigenvalue weighted by Gasteiger charge is -2.31. The maximum absolute atomic E-state index is 12.6. The summed E-state index contributed by atoms with van der Waals surface area (Å²) in [6.07, 6.45) is 5.73. The number of aliphatic imine (C=N–C) groups is 1. The predicted octanol–water partition coefficient (Wildman–Crippen LogP) is 2.61. The molecular formula is C19H22N4O2S2. The van der Waals surface area contributed by atoms with Gasteiger partial charge in [0.2, 0.25) is 0 Å². The molecule has 0 radical (unpaired) electrons. The number of Topliss-reactive ketones (excluding diaryl/α,β-unsaturated/α-hetero) is 1. The highest BCUT2D eigenvalue weighted by atomic mass is 32.2. The first-order chi connectivity index (χ1) is 12.8. The number of rotatable bonds is 5. The van der Waals surface area contributed by atoms with Crippen molar-refractivity contribution in [2.45, 2.75) is 37.1 Å². The van der Waals surface area contributed by atoms with Gasteiger partial charge in [-0.25, -0.2) is 4.98 Å². The number of thioether (sulfide) groups is 1. The van der Waals surface area contributed by atoms with Crippen LogP contribution in [0.25, 0.3) is 0 Å². The van der Waals surface area contributed by atoms with Crippen LogP contribution in [0.5, 0.6) is 0 Å². The molecule has 3 rings (SSSR count). The molecule has 2 atom stereocenters. The monoisotopic (exact) mass is 402 g/mol. The van der Waals surface area contributed by atoms with E-state index in [0.717, 1.165) is 33.9 Å². The average Bonchev–Trinajstić information content (AvgIpc) is 2.62. The lowest BCUT2D eigenvalue weighted by molar-refractivity contribution is 0.0987. The fraction of sp³-hybridized carbons (Fsp3) is 0.368. The van der Waals surface area contributed by atoms with E-state index in [2.05, 4.69) is 15.0 Å². The average molecular weight is 403 g/mol. The van der Waals surface area contributed by atoms with E-state index in [1.54, 1.807) is 12.5 Å². The highest BCUT2D eigenvalue weighted by Crippen LogP contribution is 2.38. The van der Waals surface area contributed by atoms with Crippen molar-refractivity contribution in [1.29, 1.82) is 0 Å². The fourth-order valence-electron chi connectivity index (χ4n) is 3.05. The molecule has 1 unspecified atom stereocenters. The first-order valence-corrected chi connectivity index (χ1v) is 11.1. The van der Waals surface area contributed by atoms with Crippen LogP contribution in [0.2, 0.25) is 0 Å². The normalized spacial score (nSPS) is 20.8. The zero-order chi connectivity index (χ0) is 19.6. The van der Waals surface area contributed by atoms with Crippen LogP contribution in [0, 0.1) is 6.92 Å². The molecule has 142 valence electrons. The van der Waals surface area contributed by atoms with Crippen LogP contribution in [0.1, 0.15) is 40.7 Å². The summed E-state index contributed by atoms with van der Waals surface area (Å²) in [7, 11) is -1.16. The molecule has 0 aliphatic carbocycles. The molecule has 2 N–H and O–H groups in total. The van der Waals surface area contributed by atoms with Crippen molar-refractivity contribution < 1.29 is 9.00 Å². The molecule has 1 aliphatic heterocycles. The van der Waals surface area contributed by atoms with Crippen LogP contribution in [-0.4, -0.2) is 37.1 Å². The van der Waals surface area contributed by atoms with E-state index in [4.69, 9.17) is 5.73 Å². The SMILES string of the molecule is Cc1cnc(C(=O)Cc2ccc(S(C)=O)c([C@]3(C)CCSC(N)=N3)c2)cn1.